The fourth-order valence-electron chi connectivity index (χ4n) is 1.62. The lowest BCUT2D eigenvalue weighted by Crippen LogP contribution is -2.15. The summed E-state index contributed by atoms with van der Waals surface area (Å²) in [5.74, 6) is 1.31. The van der Waals surface area contributed by atoms with Crippen LogP contribution in [-0.2, 0) is 0 Å². The van der Waals surface area contributed by atoms with Crippen molar-refractivity contribution >= 4 is 21.7 Å². The number of halogens is 1. The molecular weight excluding hydrogens is 298 g/mol. The first kappa shape index (κ1) is 15.0. The van der Waals surface area contributed by atoms with Crippen LogP contribution in [0.2, 0.25) is 0 Å². The fraction of sp³-hybridized carbons (Fsp3) is 0.462. The van der Waals surface area contributed by atoms with E-state index < -0.39 is 0 Å². The maximum atomic E-state index is 12.1. The minimum atomic E-state index is 0.0214. The second-order valence-corrected chi connectivity index (χ2v) is 4.92. The first-order valence-electron chi connectivity index (χ1n) is 5.68. The van der Waals surface area contributed by atoms with E-state index in [9.17, 15) is 4.79 Å². The van der Waals surface area contributed by atoms with Gasteiger partial charge in [0.2, 0.25) is 0 Å². The van der Waals surface area contributed by atoms with Gasteiger partial charge in [-0.05, 0) is 40.5 Å². The number of carbonyl (C=O) groups excluding carboxylic acids is 1. The van der Waals surface area contributed by atoms with Crippen molar-refractivity contribution in [3.8, 4) is 11.5 Å². The molecule has 1 atom stereocenters. The molecule has 0 fully saturated rings. The Morgan fingerprint density at radius 3 is 2.56 bits per heavy atom. The number of rotatable bonds is 6. The van der Waals surface area contributed by atoms with E-state index >= 15 is 0 Å². The Bertz CT molecular complexity index is 434. The molecule has 2 N–H and O–H groups in total. The largest absolute Gasteiger partial charge is 0.495 e. The van der Waals surface area contributed by atoms with E-state index in [1.54, 1.807) is 19.2 Å². The maximum absolute atomic E-state index is 12.1. The second kappa shape index (κ2) is 6.75. The van der Waals surface area contributed by atoms with E-state index in [0.717, 1.165) is 0 Å². The van der Waals surface area contributed by atoms with E-state index in [0.29, 0.717) is 34.5 Å². The number of nitrogens with two attached hydrogens (primary N) is 1. The van der Waals surface area contributed by atoms with Gasteiger partial charge in [-0.15, -0.1) is 0 Å². The highest BCUT2D eigenvalue weighted by Crippen LogP contribution is 2.37. The average molecular weight is 316 g/mol. The number of hydrogen-bond donors (Lipinski definition) is 1. The molecule has 0 saturated heterocycles. The number of ketones is 1. The topological polar surface area (TPSA) is 61.5 Å². The van der Waals surface area contributed by atoms with Gasteiger partial charge in [0.15, 0.2) is 5.78 Å². The number of methoxy groups -OCH3 is 2. The van der Waals surface area contributed by atoms with Crippen LogP contribution in [0.1, 0.15) is 23.7 Å². The van der Waals surface area contributed by atoms with Crippen LogP contribution in [0.5, 0.6) is 11.5 Å². The maximum Gasteiger partial charge on any atom is 0.166 e. The SMILES string of the molecule is COc1ccc(C(=O)CC(C)CN)c(OC)c1Br. The summed E-state index contributed by atoms with van der Waals surface area (Å²) in [6, 6.07) is 3.46. The first-order valence-corrected chi connectivity index (χ1v) is 6.48. The number of carbonyl (C=O) groups is 1. The normalized spacial score (nSPS) is 12.1. The lowest BCUT2D eigenvalue weighted by molar-refractivity contribution is 0.0962. The van der Waals surface area contributed by atoms with Crippen molar-refractivity contribution in [3.05, 3.63) is 22.2 Å². The molecule has 0 saturated carbocycles. The standard InChI is InChI=1S/C13H18BrNO3/c1-8(7-15)6-10(16)9-4-5-11(17-2)12(14)13(9)18-3/h4-5,8H,6-7,15H2,1-3H3. The third-order valence-corrected chi connectivity index (χ3v) is 3.47. The van der Waals surface area contributed by atoms with Gasteiger partial charge in [-0.2, -0.15) is 0 Å². The molecule has 100 valence electrons. The molecule has 0 heterocycles. The predicted octanol–water partition coefficient (Wildman–Crippen LogP) is 2.63. The Hall–Kier alpha value is -1.07. The highest BCUT2D eigenvalue weighted by Gasteiger charge is 2.19. The lowest BCUT2D eigenvalue weighted by Gasteiger charge is -2.14. The molecule has 1 aromatic rings. The van der Waals surface area contributed by atoms with E-state index in [1.807, 2.05) is 6.92 Å². The number of Topliss-reactive ketones (excluding diaryl/α,β-unsaturated/α-hetero) is 1. The fourth-order valence-corrected chi connectivity index (χ4v) is 2.29. The van der Waals surface area contributed by atoms with Crippen LogP contribution in [0.3, 0.4) is 0 Å². The molecule has 0 aliphatic carbocycles. The minimum absolute atomic E-state index is 0.0214. The van der Waals surface area contributed by atoms with Crippen molar-refractivity contribution in [2.75, 3.05) is 20.8 Å². The first-order chi connectivity index (χ1) is 8.54. The van der Waals surface area contributed by atoms with Gasteiger partial charge in [-0.25, -0.2) is 0 Å². The van der Waals surface area contributed by atoms with E-state index in [2.05, 4.69) is 15.9 Å². The molecular formula is C13H18BrNO3. The van der Waals surface area contributed by atoms with Crippen molar-refractivity contribution < 1.29 is 14.3 Å². The van der Waals surface area contributed by atoms with Crippen molar-refractivity contribution in [3.63, 3.8) is 0 Å². The molecule has 0 aliphatic heterocycles. The summed E-state index contributed by atoms with van der Waals surface area (Å²) < 4.78 is 11.1. The van der Waals surface area contributed by atoms with Crippen LogP contribution in [0, 0.1) is 5.92 Å². The zero-order valence-electron chi connectivity index (χ0n) is 10.8. The van der Waals surface area contributed by atoms with Crippen LogP contribution in [0.4, 0.5) is 0 Å². The van der Waals surface area contributed by atoms with Gasteiger partial charge in [0.05, 0.1) is 19.8 Å². The Morgan fingerprint density at radius 2 is 2.06 bits per heavy atom. The Morgan fingerprint density at radius 1 is 1.39 bits per heavy atom. The van der Waals surface area contributed by atoms with Crippen LogP contribution < -0.4 is 15.2 Å². The molecule has 18 heavy (non-hydrogen) atoms. The summed E-state index contributed by atoms with van der Waals surface area (Å²) in [6.45, 7) is 2.44. The third-order valence-electron chi connectivity index (χ3n) is 2.72. The molecule has 5 heteroatoms. The van der Waals surface area contributed by atoms with Crippen molar-refractivity contribution in [2.45, 2.75) is 13.3 Å². The van der Waals surface area contributed by atoms with Crippen molar-refractivity contribution in [1.82, 2.24) is 0 Å². The molecule has 1 aromatic carbocycles. The molecule has 0 aromatic heterocycles. The summed E-state index contributed by atoms with van der Waals surface area (Å²) >= 11 is 3.38. The van der Waals surface area contributed by atoms with E-state index in [1.165, 1.54) is 7.11 Å². The van der Waals surface area contributed by atoms with Crippen LogP contribution >= 0.6 is 15.9 Å². The smallest absolute Gasteiger partial charge is 0.166 e. The quantitative estimate of drug-likeness (QED) is 0.820. The minimum Gasteiger partial charge on any atom is -0.495 e. The van der Waals surface area contributed by atoms with Gasteiger partial charge in [0, 0.05) is 6.42 Å². The van der Waals surface area contributed by atoms with Gasteiger partial charge in [0.1, 0.15) is 16.0 Å². The molecule has 1 unspecified atom stereocenters. The van der Waals surface area contributed by atoms with Gasteiger partial charge in [-0.1, -0.05) is 6.92 Å². The van der Waals surface area contributed by atoms with Crippen molar-refractivity contribution in [1.29, 1.82) is 0 Å². The van der Waals surface area contributed by atoms with Gasteiger partial charge in [-0.3, -0.25) is 4.79 Å². The molecule has 0 bridgehead atoms. The van der Waals surface area contributed by atoms with Crippen molar-refractivity contribution in [2.24, 2.45) is 11.7 Å². The predicted molar refractivity (Wildman–Crippen MR) is 74.4 cm³/mol. The number of ether oxygens (including phenoxy) is 2. The van der Waals surface area contributed by atoms with Crippen LogP contribution in [0.25, 0.3) is 0 Å². The molecule has 1 rings (SSSR count). The number of hydrogen-bond acceptors (Lipinski definition) is 4. The van der Waals surface area contributed by atoms with Gasteiger partial charge >= 0.3 is 0 Å². The van der Waals surface area contributed by atoms with E-state index in [-0.39, 0.29) is 11.7 Å². The second-order valence-electron chi connectivity index (χ2n) is 4.13. The summed E-state index contributed by atoms with van der Waals surface area (Å²) in [4.78, 5) is 12.1. The molecule has 0 amide bonds. The summed E-state index contributed by atoms with van der Waals surface area (Å²) in [5.41, 5.74) is 6.08. The van der Waals surface area contributed by atoms with Gasteiger partial charge in [0.25, 0.3) is 0 Å². The summed E-state index contributed by atoms with van der Waals surface area (Å²) in [5, 5.41) is 0. The Balaban J connectivity index is 3.09. The highest BCUT2D eigenvalue weighted by molar-refractivity contribution is 9.10. The molecule has 4 nitrogen and oxygen atoms in total. The van der Waals surface area contributed by atoms with Gasteiger partial charge < -0.3 is 15.2 Å². The summed E-state index contributed by atoms with van der Waals surface area (Å²) in [6.07, 6.45) is 0.408. The van der Waals surface area contributed by atoms with Crippen LogP contribution in [0.15, 0.2) is 16.6 Å². The molecule has 0 radical (unpaired) electrons. The zero-order valence-corrected chi connectivity index (χ0v) is 12.4. The van der Waals surface area contributed by atoms with Crippen LogP contribution in [-0.4, -0.2) is 26.5 Å². The lowest BCUT2D eigenvalue weighted by atomic mass is 9.99. The zero-order chi connectivity index (χ0) is 13.7. The number of benzene rings is 1. The molecule has 0 spiro atoms. The monoisotopic (exact) mass is 315 g/mol. The Kier molecular flexibility index (Phi) is 5.62. The Labute approximate surface area is 116 Å². The average Bonchev–Trinajstić information content (AvgIpc) is 2.37. The van der Waals surface area contributed by atoms with E-state index in [4.69, 9.17) is 15.2 Å². The summed E-state index contributed by atoms with van der Waals surface area (Å²) in [7, 11) is 3.10. The third kappa shape index (κ3) is 3.23. The molecule has 0 aliphatic rings. The highest BCUT2D eigenvalue weighted by atomic mass is 79.9.